The van der Waals surface area contributed by atoms with E-state index in [2.05, 4.69) is 10.3 Å². The van der Waals surface area contributed by atoms with Gasteiger partial charge in [-0.3, -0.25) is 4.79 Å². The predicted molar refractivity (Wildman–Crippen MR) is 39.1 cm³/mol. The number of nitrogens with zero attached hydrogens (tertiary/aromatic N) is 3. The molecule has 0 saturated heterocycles. The molecule has 0 bridgehead atoms. The first-order valence-corrected chi connectivity index (χ1v) is 2.56. The molecular weight excluding hydrogens is 175 g/mol. The molecule has 0 unspecified atom stereocenters. The summed E-state index contributed by atoms with van der Waals surface area (Å²) < 4.78 is 0.500. The fourth-order valence-electron chi connectivity index (χ4n) is 0.470. The number of rotatable bonds is 1. The molecule has 12 heavy (non-hydrogen) atoms. The Morgan fingerprint density at radius 3 is 2.42 bits per heavy atom. The molecule has 1 rings (SSSR count). The van der Waals surface area contributed by atoms with Crippen LogP contribution in [0.4, 0.5) is 4.79 Å². The van der Waals surface area contributed by atoms with E-state index in [4.69, 9.17) is 10.8 Å². The number of primary amides is 1. The number of carbonyl (C=O) groups is 2. The number of amides is 1. The van der Waals surface area contributed by atoms with Gasteiger partial charge in [0.25, 0.3) is 5.91 Å². The van der Waals surface area contributed by atoms with E-state index in [9.17, 15) is 9.59 Å². The van der Waals surface area contributed by atoms with Crippen LogP contribution in [-0.4, -0.2) is 61.7 Å². The molecule has 1 amide bonds. The number of carbonyl (C=O) groups excluding carboxylic acids is 1. The van der Waals surface area contributed by atoms with Crippen LogP contribution in [-0.2, 0) is 0 Å². The molecule has 0 aliphatic heterocycles. The second kappa shape index (κ2) is 4.19. The van der Waals surface area contributed by atoms with Crippen molar-refractivity contribution in [1.82, 2.24) is 15.0 Å². The zero-order valence-electron chi connectivity index (χ0n) is 5.26. The maximum atomic E-state index is 10.4. The Morgan fingerprint density at radius 1 is 1.58 bits per heavy atom. The fraction of sp³-hybridized carbons (Fsp3) is 0. The van der Waals surface area contributed by atoms with Gasteiger partial charge in [0.1, 0.15) is 0 Å². The standard InChI is InChI=1S/C4H4N4O3.Na.H/c5-3(9)2-1-8(4(10)11)7-6-2;;/h1H,(H2,5,9)(H,10,11);;. The van der Waals surface area contributed by atoms with Crippen molar-refractivity contribution >= 4 is 41.6 Å². The number of nitrogens with two attached hydrogens (primary N) is 1. The van der Waals surface area contributed by atoms with Crippen LogP contribution in [0.5, 0.6) is 0 Å². The third-order valence-corrected chi connectivity index (χ3v) is 0.942. The van der Waals surface area contributed by atoms with Gasteiger partial charge >= 0.3 is 35.7 Å². The van der Waals surface area contributed by atoms with Gasteiger partial charge in [-0.2, -0.15) is 4.68 Å². The van der Waals surface area contributed by atoms with E-state index < -0.39 is 12.0 Å². The molecule has 0 fully saturated rings. The second-order valence-electron chi connectivity index (χ2n) is 1.70. The van der Waals surface area contributed by atoms with Crippen LogP contribution in [0.1, 0.15) is 10.5 Å². The van der Waals surface area contributed by atoms with Crippen LogP contribution < -0.4 is 5.73 Å². The van der Waals surface area contributed by atoms with Gasteiger partial charge < -0.3 is 10.8 Å². The molecule has 0 radical (unpaired) electrons. The van der Waals surface area contributed by atoms with Gasteiger partial charge in [0.05, 0.1) is 6.20 Å². The summed E-state index contributed by atoms with van der Waals surface area (Å²) in [5.41, 5.74) is 4.61. The normalized spacial score (nSPS) is 8.67. The van der Waals surface area contributed by atoms with Crippen LogP contribution in [0.15, 0.2) is 6.20 Å². The summed E-state index contributed by atoms with van der Waals surface area (Å²) in [6.07, 6.45) is -0.380. The molecule has 0 aliphatic rings. The molecule has 0 spiro atoms. The first-order chi connectivity index (χ1) is 5.11. The summed E-state index contributed by atoms with van der Waals surface area (Å²) in [7, 11) is 0. The van der Waals surface area contributed by atoms with Gasteiger partial charge in [-0.25, -0.2) is 4.79 Å². The molecule has 1 aromatic rings. The molecule has 7 nitrogen and oxygen atoms in total. The minimum atomic E-state index is -1.31. The van der Waals surface area contributed by atoms with E-state index in [1.54, 1.807) is 0 Å². The van der Waals surface area contributed by atoms with Crippen molar-refractivity contribution in [3.63, 3.8) is 0 Å². The van der Waals surface area contributed by atoms with Crippen LogP contribution in [0.25, 0.3) is 0 Å². The van der Waals surface area contributed by atoms with Crippen molar-refractivity contribution in [3.05, 3.63) is 11.9 Å². The summed E-state index contributed by atoms with van der Waals surface area (Å²) in [5, 5.41) is 14.6. The predicted octanol–water partition coefficient (Wildman–Crippen LogP) is -1.75. The van der Waals surface area contributed by atoms with Crippen molar-refractivity contribution in [1.29, 1.82) is 0 Å². The quantitative estimate of drug-likeness (QED) is 0.498. The van der Waals surface area contributed by atoms with Crippen LogP contribution in [0.2, 0.25) is 0 Å². The topological polar surface area (TPSA) is 111 Å². The van der Waals surface area contributed by atoms with E-state index in [0.29, 0.717) is 4.68 Å². The van der Waals surface area contributed by atoms with Gasteiger partial charge in [-0.05, 0) is 0 Å². The van der Waals surface area contributed by atoms with Crippen molar-refractivity contribution in [2.75, 3.05) is 0 Å². The molecule has 3 N–H and O–H groups in total. The average Bonchev–Trinajstić information content (AvgIpc) is 2.33. The molecular formula is C4H5N4NaO3. The first-order valence-electron chi connectivity index (χ1n) is 2.56. The van der Waals surface area contributed by atoms with E-state index >= 15 is 0 Å². The van der Waals surface area contributed by atoms with E-state index in [1.807, 2.05) is 0 Å². The molecule has 1 aromatic heterocycles. The molecule has 1 heterocycles. The average molecular weight is 180 g/mol. The van der Waals surface area contributed by atoms with Crippen LogP contribution >= 0.6 is 0 Å². The maximum absolute atomic E-state index is 10.4. The Labute approximate surface area is 88.8 Å². The van der Waals surface area contributed by atoms with Gasteiger partial charge in [-0.1, -0.05) is 5.21 Å². The monoisotopic (exact) mass is 180 g/mol. The number of carboxylic acid groups (broad SMARTS) is 1. The molecule has 0 aliphatic carbocycles. The number of hydrogen-bond acceptors (Lipinski definition) is 4. The SMILES string of the molecule is NC(=O)c1cn(C(=O)O)nn1.[NaH]. The third kappa shape index (κ3) is 2.29. The molecule has 0 aromatic carbocycles. The molecule has 8 heteroatoms. The van der Waals surface area contributed by atoms with E-state index in [1.165, 1.54) is 0 Å². The minimum absolute atomic E-state index is 0. The summed E-state index contributed by atoms with van der Waals surface area (Å²) in [6, 6.07) is 0. The Bertz CT molecular complexity index is 281. The number of hydrogen-bond donors (Lipinski definition) is 2. The van der Waals surface area contributed by atoms with Crippen molar-refractivity contribution < 1.29 is 14.7 Å². The Balaban J connectivity index is 0.00000121. The second-order valence-corrected chi connectivity index (χ2v) is 1.70. The van der Waals surface area contributed by atoms with Crippen molar-refractivity contribution in [2.24, 2.45) is 5.73 Å². The molecule has 60 valence electrons. The van der Waals surface area contributed by atoms with Gasteiger partial charge in [-0.15, -0.1) is 5.10 Å². The zero-order valence-corrected chi connectivity index (χ0v) is 5.26. The van der Waals surface area contributed by atoms with Gasteiger partial charge in [0.15, 0.2) is 5.69 Å². The van der Waals surface area contributed by atoms with E-state index in [0.717, 1.165) is 6.20 Å². The summed E-state index contributed by atoms with van der Waals surface area (Å²) >= 11 is 0. The summed E-state index contributed by atoms with van der Waals surface area (Å²) in [6.45, 7) is 0. The third-order valence-electron chi connectivity index (χ3n) is 0.942. The Kier molecular flexibility index (Phi) is 3.87. The van der Waals surface area contributed by atoms with Gasteiger partial charge in [0, 0.05) is 0 Å². The Hall–Kier alpha value is -0.920. The van der Waals surface area contributed by atoms with Gasteiger partial charge in [0.2, 0.25) is 0 Å². The van der Waals surface area contributed by atoms with Crippen LogP contribution in [0.3, 0.4) is 0 Å². The zero-order chi connectivity index (χ0) is 8.43. The van der Waals surface area contributed by atoms with Crippen molar-refractivity contribution in [2.45, 2.75) is 0 Å². The van der Waals surface area contributed by atoms with Crippen LogP contribution in [0, 0.1) is 0 Å². The molecule has 0 saturated carbocycles. The van der Waals surface area contributed by atoms with E-state index in [-0.39, 0.29) is 35.3 Å². The van der Waals surface area contributed by atoms with Crippen molar-refractivity contribution in [3.8, 4) is 0 Å². The molecule has 0 atom stereocenters. The fourth-order valence-corrected chi connectivity index (χ4v) is 0.470. The summed E-state index contributed by atoms with van der Waals surface area (Å²) in [5.74, 6) is -0.808. The first kappa shape index (κ1) is 11.1. The number of aromatic nitrogens is 3. The Morgan fingerprint density at radius 2 is 2.17 bits per heavy atom. The summed E-state index contributed by atoms with van der Waals surface area (Å²) in [4.78, 5) is 20.5.